The monoisotopic (exact) mass is 348 g/mol. The van der Waals surface area contributed by atoms with Gasteiger partial charge in [0.05, 0.1) is 6.54 Å². The van der Waals surface area contributed by atoms with Crippen LogP contribution in [-0.4, -0.2) is 21.8 Å². The van der Waals surface area contributed by atoms with Gasteiger partial charge in [0.2, 0.25) is 0 Å². The molecule has 0 atom stereocenters. The van der Waals surface area contributed by atoms with E-state index in [1.807, 2.05) is 0 Å². The predicted molar refractivity (Wildman–Crippen MR) is 81.7 cm³/mol. The van der Waals surface area contributed by atoms with Crippen LogP contribution >= 0.6 is 0 Å². The smallest absolute Gasteiger partial charge is 0.277 e. The number of aromatic hydroxyl groups is 1. The number of nitrogens with zero attached hydrogens (tertiary/aromatic N) is 1. The fourth-order valence-corrected chi connectivity index (χ4v) is 2.34. The second kappa shape index (κ2) is 6.31. The largest absolute Gasteiger partial charge is 0.503 e. The molecule has 2 amide bonds. The van der Waals surface area contributed by atoms with E-state index in [0.717, 1.165) is 23.1 Å². The zero-order valence-electron chi connectivity index (χ0n) is 12.6. The van der Waals surface area contributed by atoms with Crippen molar-refractivity contribution < 1.29 is 27.9 Å². The number of hydrogen-bond donors (Lipinski definition) is 2. The van der Waals surface area contributed by atoms with E-state index in [1.165, 1.54) is 18.2 Å². The van der Waals surface area contributed by atoms with Crippen LogP contribution in [0.1, 0.15) is 5.56 Å². The Kier molecular flexibility index (Phi) is 4.18. The van der Waals surface area contributed by atoms with Crippen molar-refractivity contribution in [3.63, 3.8) is 0 Å². The fraction of sp³-hybridized carbons (Fsp3) is 0.0588. The summed E-state index contributed by atoms with van der Waals surface area (Å²) < 4.78 is 40.4. The third kappa shape index (κ3) is 3.18. The lowest BCUT2D eigenvalue weighted by Gasteiger charge is -2.16. The lowest BCUT2D eigenvalue weighted by molar-refractivity contribution is -0.137. The molecule has 0 aliphatic carbocycles. The van der Waals surface area contributed by atoms with E-state index in [9.17, 15) is 22.8 Å². The maximum atomic E-state index is 13.7. The van der Waals surface area contributed by atoms with Gasteiger partial charge >= 0.3 is 0 Å². The molecule has 0 unspecified atom stereocenters. The van der Waals surface area contributed by atoms with Crippen molar-refractivity contribution in [1.29, 1.82) is 0 Å². The zero-order valence-corrected chi connectivity index (χ0v) is 12.6. The number of carbonyl (C=O) groups is 2. The van der Waals surface area contributed by atoms with Gasteiger partial charge in [-0.2, -0.15) is 0 Å². The van der Waals surface area contributed by atoms with Gasteiger partial charge in [0.15, 0.2) is 17.4 Å². The zero-order chi connectivity index (χ0) is 18.1. The highest BCUT2D eigenvalue weighted by Crippen LogP contribution is 2.26. The van der Waals surface area contributed by atoms with Crippen molar-refractivity contribution in [3.8, 4) is 5.75 Å². The van der Waals surface area contributed by atoms with Crippen molar-refractivity contribution >= 4 is 17.5 Å². The lowest BCUT2D eigenvalue weighted by atomic mass is 10.2. The molecule has 1 heterocycles. The van der Waals surface area contributed by atoms with Crippen LogP contribution in [0.15, 0.2) is 48.2 Å². The number of anilines is 1. The SMILES string of the molecule is O=C1C=C(Nc2cc(F)c(O)c(F)c2)C(=O)N1Cc1ccccc1F. The van der Waals surface area contributed by atoms with Crippen LogP contribution in [0.3, 0.4) is 0 Å². The summed E-state index contributed by atoms with van der Waals surface area (Å²) in [6.07, 6.45) is 0.950. The van der Waals surface area contributed by atoms with Crippen LogP contribution in [0, 0.1) is 17.5 Å². The van der Waals surface area contributed by atoms with Crippen LogP contribution in [0.2, 0.25) is 0 Å². The van der Waals surface area contributed by atoms with Crippen LogP contribution in [-0.2, 0) is 16.1 Å². The molecule has 0 saturated heterocycles. The van der Waals surface area contributed by atoms with E-state index in [2.05, 4.69) is 5.32 Å². The number of amides is 2. The number of benzene rings is 2. The lowest BCUT2D eigenvalue weighted by Crippen LogP contribution is -2.31. The molecule has 25 heavy (non-hydrogen) atoms. The number of phenolic OH excluding ortho intramolecular Hbond substituents is 1. The number of rotatable bonds is 4. The van der Waals surface area contributed by atoms with Crippen molar-refractivity contribution in [2.45, 2.75) is 6.54 Å². The molecular weight excluding hydrogens is 337 g/mol. The number of nitrogens with one attached hydrogen (secondary N) is 1. The Bertz CT molecular complexity index is 889. The molecule has 5 nitrogen and oxygen atoms in total. The average Bonchev–Trinajstić information content (AvgIpc) is 2.82. The summed E-state index contributed by atoms with van der Waals surface area (Å²) in [6, 6.07) is 7.23. The van der Waals surface area contributed by atoms with Crippen molar-refractivity contribution in [1.82, 2.24) is 4.90 Å². The minimum absolute atomic E-state index is 0.153. The summed E-state index contributed by atoms with van der Waals surface area (Å²) in [5.41, 5.74) is -0.223. The van der Waals surface area contributed by atoms with Crippen LogP contribution < -0.4 is 5.32 Å². The summed E-state index contributed by atoms with van der Waals surface area (Å²) >= 11 is 0. The van der Waals surface area contributed by atoms with Gasteiger partial charge in [0.25, 0.3) is 11.8 Å². The highest BCUT2D eigenvalue weighted by Gasteiger charge is 2.32. The van der Waals surface area contributed by atoms with E-state index >= 15 is 0 Å². The molecule has 2 aromatic carbocycles. The Hall–Kier alpha value is -3.29. The number of imide groups is 1. The first kappa shape index (κ1) is 16.6. The van der Waals surface area contributed by atoms with Crippen molar-refractivity contribution in [3.05, 3.63) is 71.2 Å². The normalized spacial score (nSPS) is 14.0. The van der Waals surface area contributed by atoms with Gasteiger partial charge in [-0.15, -0.1) is 0 Å². The number of carbonyl (C=O) groups excluding carboxylic acids is 2. The Labute approximate surface area is 140 Å². The molecule has 0 bridgehead atoms. The van der Waals surface area contributed by atoms with Crippen LogP contribution in [0.25, 0.3) is 0 Å². The predicted octanol–water partition coefficient (Wildman–Crippen LogP) is 2.67. The van der Waals surface area contributed by atoms with Crippen LogP contribution in [0.5, 0.6) is 5.75 Å². The molecule has 2 N–H and O–H groups in total. The molecular formula is C17H11F3N2O3. The van der Waals surface area contributed by atoms with Gasteiger partial charge in [-0.25, -0.2) is 13.2 Å². The number of hydrogen-bond acceptors (Lipinski definition) is 4. The quantitative estimate of drug-likeness (QED) is 0.658. The fourth-order valence-electron chi connectivity index (χ4n) is 2.34. The third-order valence-electron chi connectivity index (χ3n) is 3.59. The summed E-state index contributed by atoms with van der Waals surface area (Å²) in [7, 11) is 0. The van der Waals surface area contributed by atoms with Gasteiger partial charge in [-0.05, 0) is 6.07 Å². The Morgan fingerprint density at radius 2 is 1.64 bits per heavy atom. The molecule has 0 saturated carbocycles. The van der Waals surface area contributed by atoms with Crippen molar-refractivity contribution in [2.24, 2.45) is 0 Å². The second-order valence-corrected chi connectivity index (χ2v) is 5.29. The standard InChI is InChI=1S/C17H11F3N2O3/c18-11-4-2-1-3-9(11)8-22-15(23)7-14(17(22)25)21-10-5-12(19)16(24)13(20)6-10/h1-7,21,24H,8H2. The molecule has 3 rings (SSSR count). The van der Waals surface area contributed by atoms with Gasteiger partial charge in [0.1, 0.15) is 11.5 Å². The van der Waals surface area contributed by atoms with Crippen molar-refractivity contribution in [2.75, 3.05) is 5.32 Å². The molecule has 0 fully saturated rings. The highest BCUT2D eigenvalue weighted by molar-refractivity contribution is 6.17. The number of phenols is 1. The summed E-state index contributed by atoms with van der Waals surface area (Å²) in [5.74, 6) is -5.59. The maximum Gasteiger partial charge on any atom is 0.277 e. The van der Waals surface area contributed by atoms with Gasteiger partial charge in [0, 0.05) is 29.5 Å². The first-order chi connectivity index (χ1) is 11.9. The second-order valence-electron chi connectivity index (χ2n) is 5.29. The summed E-state index contributed by atoms with van der Waals surface area (Å²) in [5, 5.41) is 11.5. The Balaban J connectivity index is 1.79. The van der Waals surface area contributed by atoms with E-state index in [1.54, 1.807) is 6.07 Å². The molecule has 0 spiro atoms. The topological polar surface area (TPSA) is 69.6 Å². The molecule has 0 radical (unpaired) electrons. The van der Waals surface area contributed by atoms with E-state index in [4.69, 9.17) is 5.11 Å². The molecule has 1 aliphatic heterocycles. The van der Waals surface area contributed by atoms with Crippen LogP contribution in [0.4, 0.5) is 18.9 Å². The molecule has 128 valence electrons. The molecule has 2 aromatic rings. The highest BCUT2D eigenvalue weighted by atomic mass is 19.1. The summed E-state index contributed by atoms with van der Waals surface area (Å²) in [4.78, 5) is 25.1. The maximum absolute atomic E-state index is 13.7. The van der Waals surface area contributed by atoms with E-state index < -0.39 is 35.0 Å². The molecule has 1 aliphatic rings. The average molecular weight is 348 g/mol. The third-order valence-corrected chi connectivity index (χ3v) is 3.59. The van der Waals surface area contributed by atoms with E-state index in [-0.39, 0.29) is 23.5 Å². The first-order valence-corrected chi connectivity index (χ1v) is 7.13. The Morgan fingerprint density at radius 3 is 2.28 bits per heavy atom. The van der Waals surface area contributed by atoms with Gasteiger partial charge in [-0.3, -0.25) is 14.5 Å². The molecule has 8 heteroatoms. The first-order valence-electron chi connectivity index (χ1n) is 7.13. The van der Waals surface area contributed by atoms with E-state index in [0.29, 0.717) is 0 Å². The molecule has 0 aromatic heterocycles. The Morgan fingerprint density at radius 1 is 1.00 bits per heavy atom. The minimum atomic E-state index is -1.22. The minimum Gasteiger partial charge on any atom is -0.503 e. The van der Waals surface area contributed by atoms with Gasteiger partial charge in [-0.1, -0.05) is 18.2 Å². The summed E-state index contributed by atoms with van der Waals surface area (Å²) in [6.45, 7) is -0.273. The number of halogens is 3. The van der Waals surface area contributed by atoms with Gasteiger partial charge < -0.3 is 10.4 Å².